The van der Waals surface area contributed by atoms with E-state index in [1.165, 1.54) is 6.26 Å². The van der Waals surface area contributed by atoms with E-state index < -0.39 is 6.10 Å². The number of furan rings is 1. The highest BCUT2D eigenvalue weighted by Crippen LogP contribution is 2.25. The van der Waals surface area contributed by atoms with Crippen LogP contribution in [-0.4, -0.2) is 17.3 Å². The molecule has 1 heterocycles. The van der Waals surface area contributed by atoms with Crippen molar-refractivity contribution in [1.29, 1.82) is 0 Å². The quantitative estimate of drug-likeness (QED) is 0.911. The van der Waals surface area contributed by atoms with E-state index in [-0.39, 0.29) is 12.2 Å². The van der Waals surface area contributed by atoms with E-state index in [2.05, 4.69) is 15.9 Å². The number of ether oxygens (including phenoxy) is 1. The molecule has 1 aromatic heterocycles. The topological polar surface area (TPSA) is 42.6 Å². The van der Waals surface area contributed by atoms with Gasteiger partial charge in [0.1, 0.15) is 11.9 Å². The lowest BCUT2D eigenvalue weighted by Gasteiger charge is -2.21. The van der Waals surface area contributed by atoms with Crippen molar-refractivity contribution in [2.75, 3.05) is 6.61 Å². The normalized spacial score (nSPS) is 14.4. The summed E-state index contributed by atoms with van der Waals surface area (Å²) in [4.78, 5) is 0. The number of hydrogen-bond donors (Lipinski definition) is 1. The lowest BCUT2D eigenvalue weighted by molar-refractivity contribution is -0.0549. The van der Waals surface area contributed by atoms with Crippen LogP contribution in [0.25, 0.3) is 0 Å². The van der Waals surface area contributed by atoms with Gasteiger partial charge in [0.25, 0.3) is 0 Å². The zero-order valence-electron chi connectivity index (χ0n) is 8.58. The summed E-state index contributed by atoms with van der Waals surface area (Å²) in [6.45, 7) is 6.06. The summed E-state index contributed by atoms with van der Waals surface area (Å²) in [5.74, 6) is 0.509. The van der Waals surface area contributed by atoms with E-state index in [4.69, 9.17) is 9.15 Å². The highest BCUT2D eigenvalue weighted by Gasteiger charge is 2.18. The predicted octanol–water partition coefficient (Wildman–Crippen LogP) is 2.89. The summed E-state index contributed by atoms with van der Waals surface area (Å²) in [7, 11) is 0. The van der Waals surface area contributed by atoms with Gasteiger partial charge >= 0.3 is 0 Å². The van der Waals surface area contributed by atoms with Gasteiger partial charge in [0.2, 0.25) is 0 Å². The first kappa shape index (κ1) is 11.8. The largest absolute Gasteiger partial charge is 0.465 e. The van der Waals surface area contributed by atoms with Crippen LogP contribution < -0.4 is 0 Å². The second-order valence-corrected chi connectivity index (χ2v) is 4.93. The molecule has 3 nitrogen and oxygen atoms in total. The zero-order chi connectivity index (χ0) is 10.8. The van der Waals surface area contributed by atoms with Crippen LogP contribution in [0.3, 0.4) is 0 Å². The van der Waals surface area contributed by atoms with Gasteiger partial charge in [0.15, 0.2) is 0 Å². The fourth-order valence-electron chi connectivity index (χ4n) is 0.948. The number of aliphatic hydroxyl groups is 1. The van der Waals surface area contributed by atoms with Crippen molar-refractivity contribution in [3.05, 3.63) is 22.6 Å². The molecule has 0 aliphatic rings. The highest BCUT2D eigenvalue weighted by atomic mass is 79.9. The molecule has 4 heteroatoms. The average Bonchev–Trinajstić information content (AvgIpc) is 2.46. The van der Waals surface area contributed by atoms with Crippen molar-refractivity contribution < 1.29 is 14.3 Å². The molecule has 0 saturated heterocycles. The standard InChI is InChI=1S/C10H15BrO3/c1-10(2,3)14-6-8(12)9-7(11)4-5-13-9/h4-5,8,12H,6H2,1-3H3. The molecular formula is C10H15BrO3. The van der Waals surface area contributed by atoms with Crippen molar-refractivity contribution in [3.63, 3.8) is 0 Å². The fourth-order valence-corrected chi connectivity index (χ4v) is 1.41. The van der Waals surface area contributed by atoms with Crippen molar-refractivity contribution in [2.45, 2.75) is 32.5 Å². The SMILES string of the molecule is CC(C)(C)OCC(O)c1occc1Br. The van der Waals surface area contributed by atoms with Crippen molar-refractivity contribution in [2.24, 2.45) is 0 Å². The fraction of sp³-hybridized carbons (Fsp3) is 0.600. The molecule has 0 aliphatic carbocycles. The lowest BCUT2D eigenvalue weighted by Crippen LogP contribution is -2.22. The van der Waals surface area contributed by atoms with Crippen LogP contribution in [-0.2, 0) is 4.74 Å². The maximum atomic E-state index is 9.70. The summed E-state index contributed by atoms with van der Waals surface area (Å²) in [6, 6.07) is 1.75. The molecule has 0 radical (unpaired) electrons. The molecule has 1 aromatic rings. The Kier molecular flexibility index (Phi) is 3.75. The van der Waals surface area contributed by atoms with Crippen LogP contribution in [0.2, 0.25) is 0 Å². The minimum Gasteiger partial charge on any atom is -0.465 e. The molecule has 0 fully saturated rings. The number of aliphatic hydroxyl groups excluding tert-OH is 1. The summed E-state index contributed by atoms with van der Waals surface area (Å²) in [5.41, 5.74) is -0.250. The number of hydrogen-bond acceptors (Lipinski definition) is 3. The monoisotopic (exact) mass is 262 g/mol. The van der Waals surface area contributed by atoms with Crippen LogP contribution >= 0.6 is 15.9 Å². The minimum absolute atomic E-state index is 0.232. The van der Waals surface area contributed by atoms with Gasteiger partial charge in [-0.2, -0.15) is 0 Å². The van der Waals surface area contributed by atoms with Gasteiger partial charge in [-0.3, -0.25) is 0 Å². The molecule has 1 N–H and O–H groups in total. The second-order valence-electron chi connectivity index (χ2n) is 4.07. The smallest absolute Gasteiger partial charge is 0.148 e. The van der Waals surface area contributed by atoms with Crippen LogP contribution in [0, 0.1) is 0 Å². The molecular weight excluding hydrogens is 248 g/mol. The van der Waals surface area contributed by atoms with Crippen molar-refractivity contribution >= 4 is 15.9 Å². The van der Waals surface area contributed by atoms with Gasteiger partial charge in [-0.25, -0.2) is 0 Å². The molecule has 0 aliphatic heterocycles. The Morgan fingerprint density at radius 1 is 1.57 bits per heavy atom. The summed E-state index contributed by atoms with van der Waals surface area (Å²) in [5, 5.41) is 9.70. The Morgan fingerprint density at radius 2 is 2.21 bits per heavy atom. The van der Waals surface area contributed by atoms with Crippen LogP contribution in [0.1, 0.15) is 32.6 Å². The first-order valence-corrected chi connectivity index (χ1v) is 5.24. The van der Waals surface area contributed by atoms with Crippen LogP contribution in [0.5, 0.6) is 0 Å². The second kappa shape index (κ2) is 4.47. The third kappa shape index (κ3) is 3.44. The van der Waals surface area contributed by atoms with Crippen LogP contribution in [0.15, 0.2) is 21.2 Å². The van der Waals surface area contributed by atoms with E-state index in [1.54, 1.807) is 6.07 Å². The zero-order valence-corrected chi connectivity index (χ0v) is 10.2. The predicted molar refractivity (Wildman–Crippen MR) is 57.1 cm³/mol. The van der Waals surface area contributed by atoms with Gasteiger partial charge in [0, 0.05) is 0 Å². The van der Waals surface area contributed by atoms with Crippen molar-refractivity contribution in [3.8, 4) is 0 Å². The van der Waals surface area contributed by atoms with E-state index in [0.717, 1.165) is 4.47 Å². The maximum Gasteiger partial charge on any atom is 0.148 e. The minimum atomic E-state index is -0.724. The van der Waals surface area contributed by atoms with E-state index >= 15 is 0 Å². The Labute approximate surface area is 92.2 Å². The van der Waals surface area contributed by atoms with Gasteiger partial charge < -0.3 is 14.3 Å². The molecule has 1 rings (SSSR count). The molecule has 1 unspecified atom stereocenters. The molecule has 80 valence electrons. The van der Waals surface area contributed by atoms with E-state index in [0.29, 0.717) is 5.76 Å². The number of halogens is 1. The van der Waals surface area contributed by atoms with E-state index in [9.17, 15) is 5.11 Å². The molecule has 0 bridgehead atoms. The maximum absolute atomic E-state index is 9.70. The number of rotatable bonds is 3. The first-order chi connectivity index (χ1) is 6.40. The van der Waals surface area contributed by atoms with Gasteiger partial charge in [-0.05, 0) is 42.8 Å². The van der Waals surface area contributed by atoms with Crippen LogP contribution in [0.4, 0.5) is 0 Å². The third-order valence-corrected chi connectivity index (χ3v) is 2.28. The molecule has 14 heavy (non-hydrogen) atoms. The molecule has 0 spiro atoms. The molecule has 0 saturated carbocycles. The molecule has 1 atom stereocenters. The highest BCUT2D eigenvalue weighted by molar-refractivity contribution is 9.10. The van der Waals surface area contributed by atoms with E-state index in [1.807, 2.05) is 20.8 Å². The summed E-state index contributed by atoms with van der Waals surface area (Å²) >= 11 is 3.28. The molecule has 0 amide bonds. The van der Waals surface area contributed by atoms with Gasteiger partial charge in [-0.15, -0.1) is 0 Å². The Balaban J connectivity index is 2.51. The van der Waals surface area contributed by atoms with Gasteiger partial charge in [0.05, 0.1) is 22.9 Å². The molecule has 0 aromatic carbocycles. The van der Waals surface area contributed by atoms with Gasteiger partial charge in [-0.1, -0.05) is 0 Å². The first-order valence-electron chi connectivity index (χ1n) is 4.45. The third-order valence-electron chi connectivity index (χ3n) is 1.62. The van der Waals surface area contributed by atoms with Crippen molar-refractivity contribution in [1.82, 2.24) is 0 Å². The lowest BCUT2D eigenvalue weighted by atomic mass is 10.2. The Bertz CT molecular complexity index is 288. The Hall–Kier alpha value is -0.320. The summed E-state index contributed by atoms with van der Waals surface area (Å²) < 4.78 is 11.3. The average molecular weight is 263 g/mol. The summed E-state index contributed by atoms with van der Waals surface area (Å²) in [6.07, 6.45) is 0.804. The Morgan fingerprint density at radius 3 is 2.64 bits per heavy atom.